The number of rotatable bonds is 9. The van der Waals surface area contributed by atoms with Crippen molar-refractivity contribution in [3.05, 3.63) is 95.1 Å². The number of hydrogen-bond acceptors (Lipinski definition) is 3. The number of alkyl halides is 4. The highest BCUT2D eigenvalue weighted by Gasteiger charge is 2.30. The van der Waals surface area contributed by atoms with Crippen LogP contribution < -0.4 is 9.47 Å². The maximum Gasteiger partial charge on any atom is 0.416 e. The lowest BCUT2D eigenvalue weighted by atomic mass is 10.1. The highest BCUT2D eigenvalue weighted by molar-refractivity contribution is 6.30. The minimum atomic E-state index is -4.42. The molecule has 0 heterocycles. The van der Waals surface area contributed by atoms with Gasteiger partial charge in [-0.05, 0) is 47.4 Å². The largest absolute Gasteiger partial charge is 0.493 e. The predicted octanol–water partition coefficient (Wildman–Crippen LogP) is 6.27. The lowest BCUT2D eigenvalue weighted by Gasteiger charge is -2.26. The molecule has 0 aliphatic heterocycles. The number of carbonyl (C=O) groups excluding carboxylic acids is 1. The summed E-state index contributed by atoms with van der Waals surface area (Å²) < 4.78 is 49.4. The van der Waals surface area contributed by atoms with Gasteiger partial charge in [0.2, 0.25) is 5.91 Å². The van der Waals surface area contributed by atoms with Crippen molar-refractivity contribution in [2.45, 2.75) is 24.5 Å². The third kappa shape index (κ3) is 6.44. The fraction of sp³-hybridized carbons (Fsp3) is 0.269. The van der Waals surface area contributed by atoms with Gasteiger partial charge in [-0.25, -0.2) is 0 Å². The van der Waals surface area contributed by atoms with E-state index in [0.717, 1.165) is 17.7 Å². The van der Waals surface area contributed by atoms with E-state index in [1.54, 1.807) is 49.5 Å². The van der Waals surface area contributed by atoms with Crippen molar-refractivity contribution in [3.63, 3.8) is 0 Å². The summed E-state index contributed by atoms with van der Waals surface area (Å²) in [6, 6.07) is 19.2. The standard InChI is InChI=1S/C26H25ClF3NO3/c1-33-22-13-10-18(16-23(22)34-2)14-15-31(25(32)24(27)20-6-4-3-5-7-20)17-19-8-11-21(12-9-19)26(28,29)30/h3-13,16,24H,14-15,17H2,1-2H3. The molecule has 1 amide bonds. The number of nitrogens with zero attached hydrogens (tertiary/aromatic N) is 1. The monoisotopic (exact) mass is 491 g/mol. The van der Waals surface area contributed by atoms with E-state index < -0.39 is 17.1 Å². The van der Waals surface area contributed by atoms with Crippen LogP contribution in [0.2, 0.25) is 0 Å². The topological polar surface area (TPSA) is 38.8 Å². The van der Waals surface area contributed by atoms with E-state index in [9.17, 15) is 18.0 Å². The molecule has 1 unspecified atom stereocenters. The summed E-state index contributed by atoms with van der Waals surface area (Å²) in [5, 5.41) is -0.916. The molecule has 0 bridgehead atoms. The molecule has 3 aromatic rings. The molecule has 1 atom stereocenters. The number of halogens is 4. The maximum atomic E-state index is 13.3. The average molecular weight is 492 g/mol. The molecule has 8 heteroatoms. The lowest BCUT2D eigenvalue weighted by Crippen LogP contribution is -2.35. The summed E-state index contributed by atoms with van der Waals surface area (Å²) in [6.45, 7) is 0.436. The Kier molecular flexibility index (Phi) is 8.45. The predicted molar refractivity (Wildman–Crippen MR) is 125 cm³/mol. The zero-order chi connectivity index (χ0) is 24.7. The Morgan fingerprint density at radius 2 is 1.53 bits per heavy atom. The Morgan fingerprint density at radius 3 is 2.12 bits per heavy atom. The van der Waals surface area contributed by atoms with E-state index in [1.165, 1.54) is 12.1 Å². The van der Waals surface area contributed by atoms with Crippen LogP contribution in [0.3, 0.4) is 0 Å². The fourth-order valence-corrected chi connectivity index (χ4v) is 3.80. The third-order valence-corrected chi connectivity index (χ3v) is 5.83. The van der Waals surface area contributed by atoms with Gasteiger partial charge >= 0.3 is 6.18 Å². The fourth-order valence-electron chi connectivity index (χ4n) is 3.51. The average Bonchev–Trinajstić information content (AvgIpc) is 2.85. The van der Waals surface area contributed by atoms with Crippen molar-refractivity contribution in [1.29, 1.82) is 0 Å². The molecule has 0 saturated heterocycles. The van der Waals surface area contributed by atoms with Crippen molar-refractivity contribution >= 4 is 17.5 Å². The molecule has 3 rings (SSSR count). The van der Waals surface area contributed by atoms with Crippen molar-refractivity contribution in [2.75, 3.05) is 20.8 Å². The van der Waals surface area contributed by atoms with Crippen LogP contribution in [0.4, 0.5) is 13.2 Å². The molecule has 3 aromatic carbocycles. The SMILES string of the molecule is COc1ccc(CCN(Cc2ccc(C(F)(F)F)cc2)C(=O)C(Cl)c2ccccc2)cc1OC. The van der Waals surface area contributed by atoms with Gasteiger partial charge in [0.1, 0.15) is 5.38 Å². The minimum absolute atomic E-state index is 0.125. The molecule has 0 saturated carbocycles. The van der Waals surface area contributed by atoms with Gasteiger partial charge < -0.3 is 14.4 Å². The van der Waals surface area contributed by atoms with E-state index in [0.29, 0.717) is 35.6 Å². The Morgan fingerprint density at radius 1 is 0.912 bits per heavy atom. The van der Waals surface area contributed by atoms with Crippen LogP contribution in [0.25, 0.3) is 0 Å². The number of methoxy groups -OCH3 is 2. The molecule has 0 N–H and O–H groups in total. The molecule has 34 heavy (non-hydrogen) atoms. The first-order valence-corrected chi connectivity index (χ1v) is 11.0. The third-order valence-electron chi connectivity index (χ3n) is 5.39. The lowest BCUT2D eigenvalue weighted by molar-refractivity contribution is -0.137. The second-order valence-corrected chi connectivity index (χ2v) is 8.10. The first-order chi connectivity index (χ1) is 16.2. The first-order valence-electron chi connectivity index (χ1n) is 10.6. The van der Waals surface area contributed by atoms with Crippen LogP contribution in [0.15, 0.2) is 72.8 Å². The molecule has 0 aliphatic rings. The van der Waals surface area contributed by atoms with E-state index in [4.69, 9.17) is 21.1 Å². The van der Waals surface area contributed by atoms with Crippen LogP contribution in [0, 0.1) is 0 Å². The maximum absolute atomic E-state index is 13.3. The van der Waals surface area contributed by atoms with Gasteiger partial charge in [0.15, 0.2) is 11.5 Å². The Labute approximate surface area is 201 Å². The number of hydrogen-bond donors (Lipinski definition) is 0. The van der Waals surface area contributed by atoms with E-state index >= 15 is 0 Å². The summed E-state index contributed by atoms with van der Waals surface area (Å²) in [5.41, 5.74) is 1.40. The molecule has 0 aromatic heterocycles. The highest BCUT2D eigenvalue weighted by Crippen LogP contribution is 2.30. The molecular formula is C26H25ClF3NO3. The Balaban J connectivity index is 1.82. The van der Waals surface area contributed by atoms with Gasteiger partial charge in [-0.3, -0.25) is 4.79 Å². The second kappa shape index (κ2) is 11.3. The normalized spacial score (nSPS) is 12.2. The minimum Gasteiger partial charge on any atom is -0.493 e. The molecular weight excluding hydrogens is 467 g/mol. The van der Waals surface area contributed by atoms with E-state index in [1.807, 2.05) is 18.2 Å². The van der Waals surface area contributed by atoms with Crippen LogP contribution in [-0.2, 0) is 23.9 Å². The van der Waals surface area contributed by atoms with Crippen LogP contribution in [0.5, 0.6) is 11.5 Å². The molecule has 0 fully saturated rings. The first kappa shape index (κ1) is 25.4. The molecule has 0 radical (unpaired) electrons. The Bertz CT molecular complexity index is 1090. The summed E-state index contributed by atoms with van der Waals surface area (Å²) in [4.78, 5) is 14.8. The number of ether oxygens (including phenoxy) is 2. The smallest absolute Gasteiger partial charge is 0.416 e. The Hall–Kier alpha value is -3.19. The summed E-state index contributed by atoms with van der Waals surface area (Å²) in [7, 11) is 3.09. The summed E-state index contributed by atoms with van der Waals surface area (Å²) in [6.07, 6.45) is -3.93. The zero-order valence-corrected chi connectivity index (χ0v) is 19.6. The van der Waals surface area contributed by atoms with E-state index in [-0.39, 0.29) is 12.5 Å². The van der Waals surface area contributed by atoms with Crippen molar-refractivity contribution in [2.24, 2.45) is 0 Å². The van der Waals surface area contributed by atoms with Crippen molar-refractivity contribution in [1.82, 2.24) is 4.90 Å². The van der Waals surface area contributed by atoms with Crippen molar-refractivity contribution in [3.8, 4) is 11.5 Å². The second-order valence-electron chi connectivity index (χ2n) is 7.67. The van der Waals surface area contributed by atoms with Gasteiger partial charge in [-0.1, -0.05) is 48.5 Å². The van der Waals surface area contributed by atoms with Crippen LogP contribution >= 0.6 is 11.6 Å². The molecule has 0 spiro atoms. The molecule has 0 aliphatic carbocycles. The quantitative estimate of drug-likeness (QED) is 0.331. The van der Waals surface area contributed by atoms with E-state index in [2.05, 4.69) is 0 Å². The summed E-state index contributed by atoms with van der Waals surface area (Å²) >= 11 is 6.50. The zero-order valence-electron chi connectivity index (χ0n) is 18.8. The van der Waals surface area contributed by atoms with Crippen molar-refractivity contribution < 1.29 is 27.4 Å². The summed E-state index contributed by atoms with van der Waals surface area (Å²) in [5.74, 6) is 0.835. The van der Waals surface area contributed by atoms with Gasteiger partial charge in [-0.15, -0.1) is 11.6 Å². The molecule has 180 valence electrons. The number of benzene rings is 3. The van der Waals surface area contributed by atoms with Gasteiger partial charge in [0, 0.05) is 13.1 Å². The van der Waals surface area contributed by atoms with Crippen LogP contribution in [-0.4, -0.2) is 31.6 Å². The number of amides is 1. The molecule has 4 nitrogen and oxygen atoms in total. The van der Waals surface area contributed by atoms with Crippen LogP contribution in [0.1, 0.15) is 27.6 Å². The highest BCUT2D eigenvalue weighted by atomic mass is 35.5. The van der Waals surface area contributed by atoms with Gasteiger partial charge in [0.05, 0.1) is 19.8 Å². The van der Waals surface area contributed by atoms with Gasteiger partial charge in [-0.2, -0.15) is 13.2 Å². The number of carbonyl (C=O) groups is 1. The van der Waals surface area contributed by atoms with Gasteiger partial charge in [0.25, 0.3) is 0 Å².